The molecule has 25 heavy (non-hydrogen) atoms. The molecule has 0 bridgehead atoms. The van der Waals surface area contributed by atoms with Crippen LogP contribution in [0.25, 0.3) is 0 Å². The van der Waals surface area contributed by atoms with Crippen LogP contribution in [-0.4, -0.2) is 35.0 Å². The van der Waals surface area contributed by atoms with Gasteiger partial charge >= 0.3 is 21.1 Å². The molecule has 1 fully saturated rings. The summed E-state index contributed by atoms with van der Waals surface area (Å²) >= 11 is 0. The van der Waals surface area contributed by atoms with E-state index in [-0.39, 0.29) is 40.3 Å². The van der Waals surface area contributed by atoms with Gasteiger partial charge in [-0.1, -0.05) is 6.42 Å². The third-order valence-corrected chi connectivity index (χ3v) is 4.96. The maximum atomic E-state index is 11.2. The smallest absolute Gasteiger partial charge is 0.550 e. The second kappa shape index (κ2) is 8.25. The topological polar surface area (TPSA) is 213 Å². The number of hydrogen-bond acceptors (Lipinski definition) is 10. The zero-order valence-corrected chi connectivity index (χ0v) is 15.5. The predicted octanol–water partition coefficient (Wildman–Crippen LogP) is -5.89. The third kappa shape index (κ3) is 4.77. The van der Waals surface area contributed by atoms with Crippen LogP contribution in [0.1, 0.15) is 44.9 Å². The number of carbonyl (C=O) groups excluding carboxylic acids is 4. The monoisotopic (exact) mass is 537 g/mol. The summed E-state index contributed by atoms with van der Waals surface area (Å²) in [5.41, 5.74) is 6.26. The van der Waals surface area contributed by atoms with Gasteiger partial charge in [0.1, 0.15) is 0 Å². The molecule has 0 aliphatic heterocycles. The van der Waals surface area contributed by atoms with Crippen LogP contribution in [-0.2, 0) is 40.2 Å². The average Bonchev–Trinajstić information content (AvgIpc) is 2.33. The molecular weight excluding hydrogens is 519 g/mol. The van der Waals surface area contributed by atoms with Crippen LogP contribution in [0.15, 0.2) is 0 Å². The van der Waals surface area contributed by atoms with Crippen LogP contribution in [0.3, 0.4) is 0 Å². The Labute approximate surface area is 157 Å². The fourth-order valence-corrected chi connectivity index (χ4v) is 3.92. The van der Waals surface area contributed by atoms with E-state index in [4.69, 9.17) is 11.5 Å². The van der Waals surface area contributed by atoms with Crippen LogP contribution in [0.2, 0.25) is 0 Å². The van der Waals surface area contributed by atoms with Crippen LogP contribution >= 0.6 is 0 Å². The molecule has 2 atom stereocenters. The molecule has 11 heteroatoms. The van der Waals surface area contributed by atoms with Crippen molar-refractivity contribution in [3.8, 4) is 0 Å². The third-order valence-electron chi connectivity index (χ3n) is 4.96. The summed E-state index contributed by atoms with van der Waals surface area (Å²) in [4.78, 5) is 44.5. The summed E-state index contributed by atoms with van der Waals surface area (Å²) in [7, 11) is 0. The maximum absolute atomic E-state index is 11.2. The van der Waals surface area contributed by atoms with Gasteiger partial charge in [-0.3, -0.25) is 0 Å². The molecule has 0 heterocycles. The number of rotatable bonds is 8. The molecule has 1 aliphatic carbocycles. The molecular formula is C14H18N2O8Pt. The van der Waals surface area contributed by atoms with Gasteiger partial charge < -0.3 is 51.1 Å². The first-order valence-corrected chi connectivity index (χ1v) is 7.25. The number of carbonyl (C=O) groups is 4. The van der Waals surface area contributed by atoms with Gasteiger partial charge in [0.15, 0.2) is 0 Å². The molecule has 1 rings (SSSR count). The van der Waals surface area contributed by atoms with E-state index in [1.165, 1.54) is 0 Å². The van der Waals surface area contributed by atoms with Gasteiger partial charge in [-0.25, -0.2) is 0 Å². The van der Waals surface area contributed by atoms with Crippen molar-refractivity contribution in [1.82, 2.24) is 0 Å². The van der Waals surface area contributed by atoms with Crippen molar-refractivity contribution in [2.45, 2.75) is 56.0 Å². The van der Waals surface area contributed by atoms with Gasteiger partial charge in [-0.05, 0) is 25.7 Å². The van der Waals surface area contributed by atoms with Crippen molar-refractivity contribution in [2.24, 2.45) is 16.9 Å². The molecule has 4 N–H and O–H groups in total. The van der Waals surface area contributed by atoms with Crippen LogP contribution in [0.5, 0.6) is 0 Å². The molecule has 142 valence electrons. The van der Waals surface area contributed by atoms with Crippen LogP contribution in [0, 0.1) is 5.41 Å². The van der Waals surface area contributed by atoms with E-state index in [1.807, 2.05) is 0 Å². The van der Waals surface area contributed by atoms with Gasteiger partial charge in [0, 0.05) is 53.2 Å². The summed E-state index contributed by atoms with van der Waals surface area (Å²) in [5, 5.41) is 44.5. The van der Waals surface area contributed by atoms with Crippen molar-refractivity contribution in [2.75, 3.05) is 0 Å². The summed E-state index contributed by atoms with van der Waals surface area (Å²) in [6.45, 7) is 0. The normalized spacial score (nSPS) is 27.8. The largest absolute Gasteiger partial charge is 4.00 e. The van der Waals surface area contributed by atoms with Crippen molar-refractivity contribution < 1.29 is 60.7 Å². The SMILES string of the molecule is N[C@]1(CC(=O)[O-])CCCC(CC(=O)[O-])(CC(=O)[O-])[C@]1(N)CC(=O)[O-].[Pt+4]. The minimum absolute atomic E-state index is 0. The quantitative estimate of drug-likeness (QED) is 0.299. The Kier molecular flexibility index (Phi) is 7.75. The number of carboxylic acid groups (broad SMARTS) is 4. The van der Waals surface area contributed by atoms with Gasteiger partial charge in [0.25, 0.3) is 0 Å². The van der Waals surface area contributed by atoms with Crippen LogP contribution < -0.4 is 31.9 Å². The van der Waals surface area contributed by atoms with Crippen molar-refractivity contribution in [3.63, 3.8) is 0 Å². The van der Waals surface area contributed by atoms with E-state index < -0.39 is 66.1 Å². The summed E-state index contributed by atoms with van der Waals surface area (Å²) < 4.78 is 0. The van der Waals surface area contributed by atoms with Gasteiger partial charge in [-0.2, -0.15) is 0 Å². The summed E-state index contributed by atoms with van der Waals surface area (Å²) in [6, 6.07) is 0. The molecule has 0 aromatic heterocycles. The minimum atomic E-state index is -2.18. The van der Waals surface area contributed by atoms with E-state index in [0.29, 0.717) is 0 Å². The van der Waals surface area contributed by atoms with Gasteiger partial charge in [-0.15, -0.1) is 0 Å². The van der Waals surface area contributed by atoms with E-state index in [2.05, 4.69) is 0 Å². The standard InChI is InChI=1S/C14H22N2O8.Pt/c15-13(6-10(21)22)3-1-2-12(4-8(17)18,5-9(19)20)14(13,16)7-11(23)24;/h1-7,15-16H2,(H,17,18)(H,19,20)(H,21,22)(H,23,24);/q;+4/p-4/t13-,14+;/m0./s1. The zero-order chi connectivity index (χ0) is 18.8. The fraction of sp³-hybridized carbons (Fsp3) is 0.714. The van der Waals surface area contributed by atoms with E-state index in [0.717, 1.165) is 0 Å². The Bertz CT molecular complexity index is 553. The van der Waals surface area contributed by atoms with E-state index in [1.54, 1.807) is 0 Å². The molecule has 10 nitrogen and oxygen atoms in total. The Morgan fingerprint density at radius 2 is 1.12 bits per heavy atom. The first-order chi connectivity index (χ1) is 10.9. The Balaban J connectivity index is 0.00000576. The Morgan fingerprint density at radius 1 is 0.720 bits per heavy atom. The Morgan fingerprint density at radius 3 is 1.48 bits per heavy atom. The van der Waals surface area contributed by atoms with Crippen molar-refractivity contribution >= 4 is 23.9 Å². The second-order valence-corrected chi connectivity index (χ2v) is 6.46. The summed E-state index contributed by atoms with van der Waals surface area (Å²) in [5.74, 6) is -6.67. The molecule has 0 aromatic carbocycles. The molecule has 0 spiro atoms. The zero-order valence-electron chi connectivity index (χ0n) is 13.2. The molecule has 0 radical (unpaired) electrons. The minimum Gasteiger partial charge on any atom is -0.550 e. The van der Waals surface area contributed by atoms with Crippen molar-refractivity contribution in [1.29, 1.82) is 0 Å². The molecule has 0 unspecified atom stereocenters. The fourth-order valence-electron chi connectivity index (χ4n) is 3.92. The molecule has 1 aliphatic rings. The van der Waals surface area contributed by atoms with Gasteiger partial charge in [0.05, 0.1) is 0 Å². The van der Waals surface area contributed by atoms with Crippen molar-refractivity contribution in [3.05, 3.63) is 0 Å². The average molecular weight is 537 g/mol. The summed E-state index contributed by atoms with van der Waals surface area (Å²) in [6.07, 6.45) is -3.68. The van der Waals surface area contributed by atoms with E-state index in [9.17, 15) is 39.6 Å². The first kappa shape index (κ1) is 23.5. The number of hydrogen-bond donors (Lipinski definition) is 2. The Hall–Kier alpha value is -1.51. The molecule has 0 saturated heterocycles. The number of nitrogens with two attached hydrogens (primary N) is 2. The first-order valence-electron chi connectivity index (χ1n) is 7.25. The predicted molar refractivity (Wildman–Crippen MR) is 68.6 cm³/mol. The van der Waals surface area contributed by atoms with E-state index >= 15 is 0 Å². The number of carboxylic acids is 4. The second-order valence-electron chi connectivity index (χ2n) is 6.46. The van der Waals surface area contributed by atoms with Crippen LogP contribution in [0.4, 0.5) is 0 Å². The maximum Gasteiger partial charge on any atom is 4.00 e. The van der Waals surface area contributed by atoms with Gasteiger partial charge in [0.2, 0.25) is 0 Å². The molecule has 1 saturated carbocycles. The molecule has 0 amide bonds. The molecule has 0 aromatic rings. The number of aliphatic carboxylic acids is 4.